The molecule has 1 radical (unpaired) electrons. The number of para-hydroxylation sites is 1. The summed E-state index contributed by atoms with van der Waals surface area (Å²) in [5.74, 6) is 1.84. The Morgan fingerprint density at radius 1 is 1.11 bits per heavy atom. The standard InChI is InChI=1S/C16H13N2/c1-2-6-13(7-3-1)18-15-9-5-4-8-14(15)17-16(18)12-10-11-12/h1-3,5-9,12H,10-11H2. The summed E-state index contributed by atoms with van der Waals surface area (Å²) in [6.07, 6.45) is 2.53. The van der Waals surface area contributed by atoms with Crippen LogP contribution in [0.15, 0.2) is 48.5 Å². The molecule has 1 heterocycles. The minimum absolute atomic E-state index is 0.637. The van der Waals surface area contributed by atoms with Crippen molar-refractivity contribution in [1.82, 2.24) is 9.55 Å². The lowest BCUT2D eigenvalue weighted by Gasteiger charge is -2.08. The molecule has 3 aromatic rings. The fourth-order valence-corrected chi connectivity index (χ4v) is 2.45. The van der Waals surface area contributed by atoms with Crippen LogP contribution in [-0.4, -0.2) is 9.55 Å². The van der Waals surface area contributed by atoms with E-state index in [0.29, 0.717) is 5.92 Å². The number of aromatic nitrogens is 2. The first-order chi connectivity index (χ1) is 8.93. The van der Waals surface area contributed by atoms with Gasteiger partial charge in [0.15, 0.2) is 0 Å². The highest BCUT2D eigenvalue weighted by Crippen LogP contribution is 2.41. The quantitative estimate of drug-likeness (QED) is 0.660. The van der Waals surface area contributed by atoms with Gasteiger partial charge in [-0.05, 0) is 43.2 Å². The van der Waals surface area contributed by atoms with E-state index in [1.54, 1.807) is 0 Å². The smallest absolute Gasteiger partial charge is 0.117 e. The highest BCUT2D eigenvalue weighted by Gasteiger charge is 2.29. The third-order valence-electron chi connectivity index (χ3n) is 3.48. The van der Waals surface area contributed by atoms with Crippen LogP contribution in [0.5, 0.6) is 0 Å². The van der Waals surface area contributed by atoms with Crippen molar-refractivity contribution >= 4 is 11.0 Å². The number of hydrogen-bond acceptors (Lipinski definition) is 1. The van der Waals surface area contributed by atoms with Gasteiger partial charge >= 0.3 is 0 Å². The molecule has 2 aromatic carbocycles. The number of nitrogens with zero attached hydrogens (tertiary/aromatic N) is 2. The van der Waals surface area contributed by atoms with Crippen molar-refractivity contribution in [3.63, 3.8) is 0 Å². The Labute approximate surface area is 106 Å². The molecule has 2 nitrogen and oxygen atoms in total. The molecule has 0 bridgehead atoms. The largest absolute Gasteiger partial charge is 0.296 e. The van der Waals surface area contributed by atoms with Crippen LogP contribution in [0, 0.1) is 6.07 Å². The first kappa shape index (κ1) is 9.89. The third kappa shape index (κ3) is 1.46. The maximum absolute atomic E-state index is 4.78. The summed E-state index contributed by atoms with van der Waals surface area (Å²) in [6, 6.07) is 19.6. The molecule has 0 N–H and O–H groups in total. The molecule has 0 spiro atoms. The molecule has 2 heteroatoms. The molecular weight excluding hydrogens is 220 g/mol. The van der Waals surface area contributed by atoms with E-state index in [1.807, 2.05) is 18.2 Å². The fraction of sp³-hybridized carbons (Fsp3) is 0.188. The van der Waals surface area contributed by atoms with Crippen molar-refractivity contribution in [1.29, 1.82) is 0 Å². The molecule has 1 aromatic heterocycles. The van der Waals surface area contributed by atoms with E-state index < -0.39 is 0 Å². The van der Waals surface area contributed by atoms with Gasteiger partial charge in [0.1, 0.15) is 5.82 Å². The molecule has 1 aliphatic carbocycles. The topological polar surface area (TPSA) is 17.8 Å². The summed E-state index contributed by atoms with van der Waals surface area (Å²) in [5.41, 5.74) is 3.43. The predicted octanol–water partition coefficient (Wildman–Crippen LogP) is 3.70. The second kappa shape index (κ2) is 3.70. The zero-order chi connectivity index (χ0) is 11.9. The van der Waals surface area contributed by atoms with Crippen LogP contribution in [0.4, 0.5) is 0 Å². The molecular formula is C16H13N2. The summed E-state index contributed by atoms with van der Waals surface area (Å²) in [7, 11) is 0. The number of benzene rings is 2. The van der Waals surface area contributed by atoms with Crippen LogP contribution in [-0.2, 0) is 0 Å². The van der Waals surface area contributed by atoms with E-state index in [2.05, 4.69) is 41.0 Å². The minimum atomic E-state index is 0.637. The summed E-state index contributed by atoms with van der Waals surface area (Å²) < 4.78 is 2.29. The maximum Gasteiger partial charge on any atom is 0.117 e. The van der Waals surface area contributed by atoms with Gasteiger partial charge < -0.3 is 0 Å². The molecule has 0 atom stereocenters. The zero-order valence-electron chi connectivity index (χ0n) is 10.0. The van der Waals surface area contributed by atoms with E-state index >= 15 is 0 Å². The summed E-state index contributed by atoms with van der Waals surface area (Å²) in [4.78, 5) is 4.78. The number of rotatable bonds is 2. The molecule has 87 valence electrons. The van der Waals surface area contributed by atoms with E-state index in [-0.39, 0.29) is 0 Å². The SMILES string of the molecule is [c]1ccc2c(c1)nc(C1CC1)n2-c1ccccc1. The Hall–Kier alpha value is -2.09. The molecule has 1 fully saturated rings. The highest BCUT2D eigenvalue weighted by molar-refractivity contribution is 5.78. The lowest BCUT2D eigenvalue weighted by atomic mass is 10.2. The Morgan fingerprint density at radius 2 is 1.94 bits per heavy atom. The van der Waals surface area contributed by atoms with Gasteiger partial charge in [-0.2, -0.15) is 0 Å². The Bertz CT molecular complexity index is 693. The van der Waals surface area contributed by atoms with Crippen LogP contribution in [0.2, 0.25) is 0 Å². The molecule has 0 saturated heterocycles. The zero-order valence-corrected chi connectivity index (χ0v) is 10.0. The van der Waals surface area contributed by atoms with Gasteiger partial charge in [0.2, 0.25) is 0 Å². The summed E-state index contributed by atoms with van der Waals surface area (Å²) in [6.45, 7) is 0. The maximum atomic E-state index is 4.78. The lowest BCUT2D eigenvalue weighted by Crippen LogP contribution is -1.99. The minimum Gasteiger partial charge on any atom is -0.296 e. The highest BCUT2D eigenvalue weighted by atomic mass is 15.1. The van der Waals surface area contributed by atoms with Crippen LogP contribution < -0.4 is 0 Å². The monoisotopic (exact) mass is 233 g/mol. The fourth-order valence-electron chi connectivity index (χ4n) is 2.45. The van der Waals surface area contributed by atoms with Gasteiger partial charge in [-0.15, -0.1) is 0 Å². The van der Waals surface area contributed by atoms with Gasteiger partial charge in [0, 0.05) is 11.6 Å². The van der Waals surface area contributed by atoms with Crippen LogP contribution >= 0.6 is 0 Å². The van der Waals surface area contributed by atoms with Crippen molar-refractivity contribution in [3.8, 4) is 5.69 Å². The second-order valence-corrected chi connectivity index (χ2v) is 4.83. The predicted molar refractivity (Wildman–Crippen MR) is 71.9 cm³/mol. The van der Waals surface area contributed by atoms with Gasteiger partial charge in [0.05, 0.1) is 11.0 Å². The molecule has 18 heavy (non-hydrogen) atoms. The lowest BCUT2D eigenvalue weighted by molar-refractivity contribution is 0.896. The molecule has 0 amide bonds. The number of hydrogen-bond donors (Lipinski definition) is 0. The van der Waals surface area contributed by atoms with Crippen molar-refractivity contribution in [2.45, 2.75) is 18.8 Å². The molecule has 4 rings (SSSR count). The van der Waals surface area contributed by atoms with Crippen LogP contribution in [0.3, 0.4) is 0 Å². The first-order valence-electron chi connectivity index (χ1n) is 6.37. The van der Waals surface area contributed by atoms with Crippen molar-refractivity contribution in [2.75, 3.05) is 0 Å². The molecule has 0 aliphatic heterocycles. The van der Waals surface area contributed by atoms with Crippen LogP contribution in [0.25, 0.3) is 16.7 Å². The number of imidazole rings is 1. The second-order valence-electron chi connectivity index (χ2n) is 4.83. The summed E-state index contributed by atoms with van der Waals surface area (Å²) in [5, 5.41) is 0. The third-order valence-corrected chi connectivity index (χ3v) is 3.48. The number of fused-ring (bicyclic) bond motifs is 1. The average Bonchev–Trinajstić information content (AvgIpc) is 3.20. The van der Waals surface area contributed by atoms with Crippen molar-refractivity contribution in [2.24, 2.45) is 0 Å². The van der Waals surface area contributed by atoms with E-state index in [9.17, 15) is 0 Å². The Morgan fingerprint density at radius 3 is 2.72 bits per heavy atom. The van der Waals surface area contributed by atoms with Crippen molar-refractivity contribution in [3.05, 3.63) is 60.4 Å². The molecule has 1 saturated carbocycles. The first-order valence-corrected chi connectivity index (χ1v) is 6.37. The van der Waals surface area contributed by atoms with Gasteiger partial charge in [0.25, 0.3) is 0 Å². The molecule has 1 aliphatic rings. The normalized spacial score (nSPS) is 15.1. The average molecular weight is 233 g/mol. The van der Waals surface area contributed by atoms with Gasteiger partial charge in [-0.25, -0.2) is 4.98 Å². The van der Waals surface area contributed by atoms with Crippen LogP contribution in [0.1, 0.15) is 24.6 Å². The summed E-state index contributed by atoms with van der Waals surface area (Å²) >= 11 is 0. The Kier molecular flexibility index (Phi) is 2.04. The molecule has 0 unspecified atom stereocenters. The van der Waals surface area contributed by atoms with Gasteiger partial charge in [-0.3, -0.25) is 4.57 Å². The van der Waals surface area contributed by atoms with Gasteiger partial charge in [-0.1, -0.05) is 24.3 Å². The van der Waals surface area contributed by atoms with E-state index in [4.69, 9.17) is 4.98 Å². The van der Waals surface area contributed by atoms with E-state index in [0.717, 1.165) is 5.52 Å². The van der Waals surface area contributed by atoms with E-state index in [1.165, 1.54) is 29.9 Å². The Balaban J connectivity index is 2.04. The van der Waals surface area contributed by atoms with Crippen molar-refractivity contribution < 1.29 is 0 Å².